The molecule has 1 aliphatic heterocycles. The Kier molecular flexibility index (Phi) is 7.84. The number of nitrogens with zero attached hydrogens (tertiary/aromatic N) is 1. The first-order chi connectivity index (χ1) is 14.1. The molecule has 0 aliphatic carbocycles. The fourth-order valence-corrected chi connectivity index (χ4v) is 5.23. The zero-order chi connectivity index (χ0) is 23.7. The molecule has 0 aromatic heterocycles. The molecule has 0 unspecified atom stereocenters. The molecule has 1 aromatic carbocycles. The van der Waals surface area contributed by atoms with E-state index in [0.29, 0.717) is 12.5 Å². The molecule has 31 heavy (non-hydrogen) atoms. The van der Waals surface area contributed by atoms with Gasteiger partial charge in [0.2, 0.25) is 5.90 Å². The quantitative estimate of drug-likeness (QED) is 0.331. The van der Waals surface area contributed by atoms with Crippen LogP contribution in [-0.4, -0.2) is 47.4 Å². The van der Waals surface area contributed by atoms with Crippen molar-refractivity contribution < 1.29 is 13.6 Å². The number of ether oxygens (including phenoxy) is 1. The van der Waals surface area contributed by atoms with Gasteiger partial charge in [0.15, 0.2) is 16.6 Å². The second-order valence-electron chi connectivity index (χ2n) is 11.6. The second-order valence-corrected chi connectivity index (χ2v) is 21.2. The fourth-order valence-electron chi connectivity index (χ4n) is 2.88. The van der Waals surface area contributed by atoms with E-state index in [1.165, 1.54) is 0 Å². The Hall–Kier alpha value is -1.22. The van der Waals surface area contributed by atoms with Crippen LogP contribution in [0.4, 0.5) is 0 Å². The number of benzene rings is 1. The van der Waals surface area contributed by atoms with E-state index in [1.54, 1.807) is 0 Å². The van der Waals surface area contributed by atoms with Crippen molar-refractivity contribution in [2.24, 2.45) is 4.99 Å². The van der Waals surface area contributed by atoms with E-state index in [1.807, 2.05) is 36.4 Å². The maximum Gasteiger partial charge on any atom is 0.217 e. The van der Waals surface area contributed by atoms with Crippen LogP contribution in [0.15, 0.2) is 48.0 Å². The van der Waals surface area contributed by atoms with Gasteiger partial charge < -0.3 is 13.6 Å². The molecule has 1 aliphatic rings. The zero-order valence-electron chi connectivity index (χ0n) is 21.3. The van der Waals surface area contributed by atoms with Crippen molar-refractivity contribution in [2.45, 2.75) is 96.1 Å². The molecule has 174 valence electrons. The van der Waals surface area contributed by atoms with Gasteiger partial charge in [0.05, 0.1) is 6.61 Å². The maximum atomic E-state index is 6.87. The molecule has 0 saturated carbocycles. The summed E-state index contributed by atoms with van der Waals surface area (Å²) in [5.74, 6) is 0.643. The largest absolute Gasteiger partial charge is 0.467 e. The van der Waals surface area contributed by atoms with E-state index in [4.69, 9.17) is 18.6 Å². The van der Waals surface area contributed by atoms with Crippen molar-refractivity contribution >= 4 is 22.5 Å². The second kappa shape index (κ2) is 9.34. The van der Waals surface area contributed by atoms with Gasteiger partial charge >= 0.3 is 0 Å². The lowest BCUT2D eigenvalue weighted by Crippen LogP contribution is -2.55. The summed E-state index contributed by atoms with van der Waals surface area (Å²) >= 11 is 0. The first-order valence-electron chi connectivity index (χ1n) is 11.3. The molecule has 0 fully saturated rings. The third-order valence-corrected chi connectivity index (χ3v) is 16.1. The summed E-state index contributed by atoms with van der Waals surface area (Å²) in [6.45, 7) is 27.2. The van der Waals surface area contributed by atoms with Gasteiger partial charge in [-0.25, -0.2) is 4.99 Å². The van der Waals surface area contributed by atoms with Crippen LogP contribution in [0.1, 0.15) is 47.1 Å². The van der Waals surface area contributed by atoms with Crippen LogP contribution >= 0.6 is 0 Å². The molecule has 0 radical (unpaired) electrons. The summed E-state index contributed by atoms with van der Waals surface area (Å²) in [6, 6.07) is 9.92. The molecule has 0 spiro atoms. The van der Waals surface area contributed by atoms with E-state index in [-0.39, 0.29) is 28.3 Å². The Morgan fingerprint density at radius 2 is 1.52 bits per heavy atom. The highest BCUT2D eigenvalue weighted by molar-refractivity contribution is 6.74. The van der Waals surface area contributed by atoms with Gasteiger partial charge in [0.25, 0.3) is 0 Å². The average Bonchev–Trinajstić information content (AvgIpc) is 2.65. The molecule has 1 aromatic rings. The fraction of sp³-hybridized carbons (Fsp3) is 0.640. The SMILES string of the molecule is C=C[C@@H]1OC(c2ccccc2)=N[C@@H](CO[Si](C)(C)C(C)(C)C)[C@@H]1O[Si](C)(C)C(C)(C)C. The van der Waals surface area contributed by atoms with Crippen molar-refractivity contribution in [1.82, 2.24) is 0 Å². The molecular weight excluding hydrogens is 418 g/mol. The number of aliphatic imine (C=N–C) groups is 1. The molecule has 1 heterocycles. The Balaban J connectivity index is 2.42. The first kappa shape index (κ1) is 26.0. The van der Waals surface area contributed by atoms with Gasteiger partial charge in [-0.05, 0) is 54.5 Å². The summed E-state index contributed by atoms with van der Waals surface area (Å²) in [7, 11) is -3.97. The van der Waals surface area contributed by atoms with Crippen molar-refractivity contribution in [2.75, 3.05) is 6.61 Å². The minimum atomic E-state index is -2.05. The van der Waals surface area contributed by atoms with Gasteiger partial charge in [-0.15, -0.1) is 0 Å². The number of rotatable bonds is 7. The lowest BCUT2D eigenvalue weighted by atomic mass is 10.0. The monoisotopic (exact) mass is 461 g/mol. The normalized spacial score (nSPS) is 23.2. The minimum absolute atomic E-state index is 0.0903. The molecule has 0 saturated heterocycles. The highest BCUT2D eigenvalue weighted by Gasteiger charge is 2.46. The van der Waals surface area contributed by atoms with E-state index in [0.717, 1.165) is 5.56 Å². The van der Waals surface area contributed by atoms with Crippen LogP contribution in [0, 0.1) is 0 Å². The van der Waals surface area contributed by atoms with Crippen LogP contribution in [0.3, 0.4) is 0 Å². The van der Waals surface area contributed by atoms with Gasteiger partial charge in [-0.1, -0.05) is 66.3 Å². The summed E-state index contributed by atoms with van der Waals surface area (Å²) in [6.07, 6.45) is 1.37. The average molecular weight is 462 g/mol. The molecule has 2 rings (SSSR count). The molecule has 3 atom stereocenters. The lowest BCUT2D eigenvalue weighted by molar-refractivity contribution is 0.0192. The Morgan fingerprint density at radius 3 is 2.00 bits per heavy atom. The number of hydrogen-bond donors (Lipinski definition) is 0. The van der Waals surface area contributed by atoms with Crippen molar-refractivity contribution in [3.8, 4) is 0 Å². The van der Waals surface area contributed by atoms with Gasteiger partial charge in [-0.2, -0.15) is 0 Å². The predicted molar refractivity (Wildman–Crippen MR) is 137 cm³/mol. The Bertz CT molecular complexity index is 776. The van der Waals surface area contributed by atoms with Crippen LogP contribution in [0.25, 0.3) is 0 Å². The van der Waals surface area contributed by atoms with Crippen LogP contribution in [-0.2, 0) is 13.6 Å². The maximum absolute atomic E-state index is 6.87. The van der Waals surface area contributed by atoms with E-state index in [2.05, 4.69) is 74.3 Å². The summed E-state index contributed by atoms with van der Waals surface area (Å²) in [4.78, 5) is 5.02. The van der Waals surface area contributed by atoms with E-state index >= 15 is 0 Å². The van der Waals surface area contributed by atoms with Crippen LogP contribution in [0.2, 0.25) is 36.3 Å². The van der Waals surface area contributed by atoms with Crippen molar-refractivity contribution in [3.05, 3.63) is 48.6 Å². The smallest absolute Gasteiger partial charge is 0.217 e. The van der Waals surface area contributed by atoms with Crippen molar-refractivity contribution in [1.29, 1.82) is 0 Å². The molecule has 0 bridgehead atoms. The van der Waals surface area contributed by atoms with Crippen LogP contribution < -0.4 is 0 Å². The molecule has 4 nitrogen and oxygen atoms in total. The van der Waals surface area contributed by atoms with Crippen molar-refractivity contribution in [3.63, 3.8) is 0 Å². The molecule has 0 amide bonds. The van der Waals surface area contributed by atoms with E-state index in [9.17, 15) is 0 Å². The Labute approximate surface area is 192 Å². The zero-order valence-corrected chi connectivity index (χ0v) is 23.3. The van der Waals surface area contributed by atoms with Gasteiger partial charge in [0.1, 0.15) is 18.2 Å². The van der Waals surface area contributed by atoms with Crippen LogP contribution in [0.5, 0.6) is 0 Å². The van der Waals surface area contributed by atoms with E-state index < -0.39 is 16.6 Å². The lowest BCUT2D eigenvalue weighted by Gasteiger charge is -2.45. The summed E-state index contributed by atoms with van der Waals surface area (Å²) in [5, 5.41) is 0.227. The third kappa shape index (κ3) is 6.18. The minimum Gasteiger partial charge on any atom is -0.467 e. The third-order valence-electron chi connectivity index (χ3n) is 7.14. The molecule has 0 N–H and O–H groups in total. The first-order valence-corrected chi connectivity index (χ1v) is 17.1. The molecule has 6 heteroatoms. The summed E-state index contributed by atoms with van der Waals surface area (Å²) < 4.78 is 19.8. The topological polar surface area (TPSA) is 40.0 Å². The molecular formula is C25H43NO3Si2. The standard InChI is InChI=1S/C25H43NO3Si2/c1-12-21-22(29-31(10,11)25(5,6)7)20(18-27-30(8,9)24(2,3)4)26-23(28-21)19-16-14-13-15-17-19/h12-17,20-22H,1,18H2,2-11H3/t20-,21-,22-/m0/s1. The highest BCUT2D eigenvalue weighted by atomic mass is 28.4. The Morgan fingerprint density at radius 1 is 0.968 bits per heavy atom. The summed E-state index contributed by atoms with van der Waals surface area (Å²) in [5.41, 5.74) is 0.970. The van der Waals surface area contributed by atoms with Gasteiger partial charge in [0, 0.05) is 5.56 Å². The van der Waals surface area contributed by atoms with Gasteiger partial charge in [-0.3, -0.25) is 0 Å². The highest BCUT2D eigenvalue weighted by Crippen LogP contribution is 2.40. The number of hydrogen-bond acceptors (Lipinski definition) is 4. The predicted octanol–water partition coefficient (Wildman–Crippen LogP) is 6.80.